The van der Waals surface area contributed by atoms with Gasteiger partial charge in [-0.05, 0) is 30.2 Å². The molecule has 0 saturated carbocycles. The van der Waals surface area contributed by atoms with Crippen LogP contribution < -0.4 is 10.5 Å². The fourth-order valence-electron chi connectivity index (χ4n) is 3.34. The van der Waals surface area contributed by atoms with E-state index in [2.05, 4.69) is 16.3 Å². The maximum Gasteiger partial charge on any atom is 0.244 e. The number of nitriles is 1. The highest BCUT2D eigenvalue weighted by Gasteiger charge is 2.36. The number of ether oxygens (including phenoxy) is 1. The predicted octanol–water partition coefficient (Wildman–Crippen LogP) is 4.91. The minimum atomic E-state index is -0.400. The Morgan fingerprint density at radius 3 is 2.67 bits per heavy atom. The first-order valence-electron chi connectivity index (χ1n) is 8.18. The van der Waals surface area contributed by atoms with E-state index in [1.807, 2.05) is 37.3 Å². The highest BCUT2D eigenvalue weighted by molar-refractivity contribution is 6.42. The molecule has 0 saturated heterocycles. The molecular weight excluding hydrogens is 383 g/mol. The third kappa shape index (κ3) is 2.84. The fraction of sp³-hybridized carbons (Fsp3) is 0.100. The maximum absolute atomic E-state index is 9.75. The summed E-state index contributed by atoms with van der Waals surface area (Å²) in [5.74, 6) is 0.00872. The number of allylic oxidation sites excluding steroid dienone is 1. The van der Waals surface area contributed by atoms with Crippen molar-refractivity contribution >= 4 is 23.2 Å². The number of nitrogens with one attached hydrogen (secondary N) is 1. The highest BCUT2D eigenvalue weighted by Crippen LogP contribution is 2.46. The van der Waals surface area contributed by atoms with Gasteiger partial charge in [0.1, 0.15) is 11.6 Å². The zero-order valence-electron chi connectivity index (χ0n) is 14.3. The first-order chi connectivity index (χ1) is 13.0. The third-order valence-corrected chi connectivity index (χ3v) is 5.39. The average molecular weight is 397 g/mol. The Labute approximate surface area is 166 Å². The Hall–Kier alpha value is -2.94. The van der Waals surface area contributed by atoms with Crippen molar-refractivity contribution in [3.8, 4) is 23.2 Å². The molecule has 0 radical (unpaired) electrons. The van der Waals surface area contributed by atoms with Gasteiger partial charge in [-0.3, -0.25) is 5.10 Å². The summed E-state index contributed by atoms with van der Waals surface area (Å²) in [6.07, 6.45) is 0. The van der Waals surface area contributed by atoms with E-state index in [0.717, 1.165) is 22.3 Å². The first kappa shape index (κ1) is 17.5. The second-order valence-corrected chi connectivity index (χ2v) is 7.04. The Morgan fingerprint density at radius 1 is 1.19 bits per heavy atom. The quantitative estimate of drug-likeness (QED) is 0.643. The van der Waals surface area contributed by atoms with Crippen LogP contribution in [0, 0.1) is 18.3 Å². The van der Waals surface area contributed by atoms with Crippen molar-refractivity contribution in [1.29, 1.82) is 5.26 Å². The average Bonchev–Trinajstić information content (AvgIpc) is 3.07. The first-order valence-corrected chi connectivity index (χ1v) is 8.93. The molecule has 134 valence electrons. The molecule has 3 N–H and O–H groups in total. The maximum atomic E-state index is 9.75. The molecule has 1 aromatic heterocycles. The van der Waals surface area contributed by atoms with Gasteiger partial charge < -0.3 is 10.5 Å². The van der Waals surface area contributed by atoms with Gasteiger partial charge in [0, 0.05) is 5.56 Å². The van der Waals surface area contributed by atoms with Crippen LogP contribution in [-0.2, 0) is 0 Å². The van der Waals surface area contributed by atoms with Crippen molar-refractivity contribution in [1.82, 2.24) is 10.2 Å². The zero-order chi connectivity index (χ0) is 19.1. The van der Waals surface area contributed by atoms with E-state index < -0.39 is 5.92 Å². The van der Waals surface area contributed by atoms with Crippen molar-refractivity contribution in [2.45, 2.75) is 12.8 Å². The van der Waals surface area contributed by atoms with Crippen LogP contribution in [0.4, 0.5) is 0 Å². The molecule has 1 atom stereocenters. The van der Waals surface area contributed by atoms with Gasteiger partial charge >= 0.3 is 0 Å². The molecule has 3 aromatic rings. The van der Waals surface area contributed by atoms with Gasteiger partial charge in [0.15, 0.2) is 0 Å². The molecule has 5 nitrogen and oxygen atoms in total. The Bertz CT molecular complexity index is 1130. The monoisotopic (exact) mass is 396 g/mol. The number of hydrogen-bond donors (Lipinski definition) is 2. The summed E-state index contributed by atoms with van der Waals surface area (Å²) < 4.78 is 5.62. The minimum absolute atomic E-state index is 0.0606. The van der Waals surface area contributed by atoms with Gasteiger partial charge in [0.25, 0.3) is 0 Å². The van der Waals surface area contributed by atoms with Gasteiger partial charge in [0.05, 0.1) is 27.2 Å². The number of aromatic amines is 1. The van der Waals surface area contributed by atoms with Crippen molar-refractivity contribution < 1.29 is 4.74 Å². The number of aryl methyl sites for hydroxylation is 1. The minimum Gasteiger partial charge on any atom is -0.420 e. The van der Waals surface area contributed by atoms with Gasteiger partial charge in [-0.1, -0.05) is 53.5 Å². The lowest BCUT2D eigenvalue weighted by Crippen LogP contribution is -2.21. The summed E-state index contributed by atoms with van der Waals surface area (Å²) >= 11 is 12.2. The van der Waals surface area contributed by atoms with Crippen LogP contribution in [0.25, 0.3) is 11.3 Å². The van der Waals surface area contributed by atoms with E-state index in [4.69, 9.17) is 33.7 Å². The summed E-state index contributed by atoms with van der Waals surface area (Å²) in [6.45, 7) is 1.99. The summed E-state index contributed by atoms with van der Waals surface area (Å²) in [5, 5.41) is 17.9. The Morgan fingerprint density at radius 2 is 1.96 bits per heavy atom. The zero-order valence-corrected chi connectivity index (χ0v) is 15.8. The van der Waals surface area contributed by atoms with Crippen LogP contribution in [0.3, 0.4) is 0 Å². The van der Waals surface area contributed by atoms with E-state index in [1.54, 1.807) is 12.1 Å². The molecular formula is C20H14Cl2N4O. The molecule has 0 amide bonds. The van der Waals surface area contributed by atoms with Crippen LogP contribution in [0.5, 0.6) is 5.88 Å². The standard InChI is InChI=1S/C20H14Cl2N4O/c1-10-4-2-3-5-12(10)16-13(9-23)19(24)27-20-17(16)18(25-26-20)11-6-7-14(21)15(22)8-11/h2-8,16H,24H2,1H3,(H,25,26)/t16-/m0/s1. The number of nitrogens with two attached hydrogens (primary N) is 1. The molecule has 0 spiro atoms. The van der Waals surface area contributed by atoms with E-state index in [9.17, 15) is 5.26 Å². The van der Waals surface area contributed by atoms with Crippen molar-refractivity contribution in [3.63, 3.8) is 0 Å². The molecule has 27 heavy (non-hydrogen) atoms. The van der Waals surface area contributed by atoms with Crippen molar-refractivity contribution in [2.75, 3.05) is 0 Å². The van der Waals surface area contributed by atoms with E-state index >= 15 is 0 Å². The van der Waals surface area contributed by atoms with Gasteiger partial charge in [0.2, 0.25) is 11.8 Å². The molecule has 1 aliphatic heterocycles. The van der Waals surface area contributed by atoms with Crippen molar-refractivity contribution in [2.24, 2.45) is 5.73 Å². The van der Waals surface area contributed by atoms with Crippen LogP contribution in [0.1, 0.15) is 22.6 Å². The van der Waals surface area contributed by atoms with E-state index in [-0.39, 0.29) is 5.88 Å². The number of rotatable bonds is 2. The van der Waals surface area contributed by atoms with Crippen LogP contribution in [0.15, 0.2) is 53.9 Å². The number of benzene rings is 2. The second kappa shape index (κ2) is 6.66. The Kier molecular flexibility index (Phi) is 4.31. The second-order valence-electron chi connectivity index (χ2n) is 6.23. The molecule has 4 rings (SSSR count). The lowest BCUT2D eigenvalue weighted by molar-refractivity contribution is 0.379. The number of fused-ring (bicyclic) bond motifs is 1. The highest BCUT2D eigenvalue weighted by atomic mass is 35.5. The number of H-pyrrole nitrogens is 1. The van der Waals surface area contributed by atoms with E-state index in [1.165, 1.54) is 0 Å². The predicted molar refractivity (Wildman–Crippen MR) is 105 cm³/mol. The fourth-order valence-corrected chi connectivity index (χ4v) is 3.64. The molecule has 0 unspecified atom stereocenters. The summed E-state index contributed by atoms with van der Waals surface area (Å²) in [4.78, 5) is 0. The summed E-state index contributed by atoms with van der Waals surface area (Å²) in [5.41, 5.74) is 10.6. The Balaban J connectivity index is 1.98. The number of aromatic nitrogens is 2. The topological polar surface area (TPSA) is 87.7 Å². The number of halogens is 2. The molecule has 2 heterocycles. The summed E-state index contributed by atoms with van der Waals surface area (Å²) in [6, 6.07) is 15.4. The smallest absolute Gasteiger partial charge is 0.244 e. The van der Waals surface area contributed by atoms with Crippen LogP contribution in [0.2, 0.25) is 10.0 Å². The molecule has 0 fully saturated rings. The van der Waals surface area contributed by atoms with Crippen LogP contribution >= 0.6 is 23.2 Å². The SMILES string of the molecule is Cc1ccccc1[C@H]1C(C#N)=C(N)Oc2n[nH]c(-c3ccc(Cl)c(Cl)c3)c21. The lowest BCUT2D eigenvalue weighted by atomic mass is 9.81. The third-order valence-electron chi connectivity index (χ3n) is 4.65. The summed E-state index contributed by atoms with van der Waals surface area (Å²) in [7, 11) is 0. The molecule has 1 aliphatic rings. The number of nitrogens with zero attached hydrogens (tertiary/aromatic N) is 2. The van der Waals surface area contributed by atoms with Gasteiger partial charge in [-0.25, -0.2) is 0 Å². The normalized spacial score (nSPS) is 15.9. The number of hydrogen-bond acceptors (Lipinski definition) is 4. The van der Waals surface area contributed by atoms with Crippen LogP contribution in [-0.4, -0.2) is 10.2 Å². The molecule has 7 heteroatoms. The van der Waals surface area contributed by atoms with Crippen molar-refractivity contribution in [3.05, 3.63) is 80.7 Å². The largest absolute Gasteiger partial charge is 0.420 e. The molecule has 0 bridgehead atoms. The van der Waals surface area contributed by atoms with Gasteiger partial charge in [-0.2, -0.15) is 5.26 Å². The molecule has 2 aromatic carbocycles. The van der Waals surface area contributed by atoms with Gasteiger partial charge in [-0.15, -0.1) is 5.10 Å². The lowest BCUT2D eigenvalue weighted by Gasteiger charge is -2.25. The van der Waals surface area contributed by atoms with E-state index in [0.29, 0.717) is 27.2 Å². The molecule has 0 aliphatic carbocycles.